The second-order valence-electron chi connectivity index (χ2n) is 8.91. The van der Waals surface area contributed by atoms with Crippen molar-refractivity contribution in [2.45, 2.75) is 32.9 Å². The van der Waals surface area contributed by atoms with E-state index in [-0.39, 0.29) is 6.09 Å². The Kier molecular flexibility index (Phi) is 6.37. The van der Waals surface area contributed by atoms with Gasteiger partial charge in [0.05, 0.1) is 18.4 Å². The van der Waals surface area contributed by atoms with Gasteiger partial charge in [-0.2, -0.15) is 5.10 Å². The molecule has 0 atom stereocenters. The third-order valence-corrected chi connectivity index (χ3v) is 6.27. The third-order valence-electron chi connectivity index (χ3n) is 5.14. The van der Waals surface area contributed by atoms with E-state index in [2.05, 4.69) is 10.00 Å². The van der Waals surface area contributed by atoms with Gasteiger partial charge in [-0.25, -0.2) is 9.78 Å². The van der Waals surface area contributed by atoms with E-state index >= 15 is 0 Å². The van der Waals surface area contributed by atoms with Crippen LogP contribution in [0.25, 0.3) is 11.3 Å². The summed E-state index contributed by atoms with van der Waals surface area (Å²) in [6.45, 7) is 8.41. The summed E-state index contributed by atoms with van der Waals surface area (Å²) < 4.78 is 7.27. The molecular weight excluding hydrogens is 440 g/mol. The monoisotopic (exact) mass is 468 g/mol. The van der Waals surface area contributed by atoms with Crippen LogP contribution in [0.4, 0.5) is 9.93 Å². The van der Waals surface area contributed by atoms with Crippen molar-refractivity contribution in [1.29, 1.82) is 0 Å². The minimum atomic E-state index is -0.528. The SMILES string of the molecule is CC(C)(C)OC(=O)N1CCN(c2nc(-c3cnn(Cc4ccccc4)c3)c(C(N)=O)s2)CC1. The third kappa shape index (κ3) is 5.51. The average Bonchev–Trinajstić information content (AvgIpc) is 3.41. The Bertz CT molecular complexity index is 1130. The van der Waals surface area contributed by atoms with Gasteiger partial charge in [0.2, 0.25) is 0 Å². The number of hydrogen-bond acceptors (Lipinski definition) is 7. The summed E-state index contributed by atoms with van der Waals surface area (Å²) in [6.07, 6.45) is 3.26. The first-order chi connectivity index (χ1) is 15.7. The van der Waals surface area contributed by atoms with Crippen molar-refractivity contribution in [3.05, 3.63) is 53.2 Å². The molecule has 1 fully saturated rings. The van der Waals surface area contributed by atoms with Gasteiger partial charge in [-0.3, -0.25) is 9.48 Å². The van der Waals surface area contributed by atoms with E-state index in [0.29, 0.717) is 48.4 Å². The zero-order chi connectivity index (χ0) is 23.6. The zero-order valence-corrected chi connectivity index (χ0v) is 19.8. The summed E-state index contributed by atoms with van der Waals surface area (Å²) >= 11 is 1.27. The lowest BCUT2D eigenvalue weighted by Crippen LogP contribution is -2.50. The highest BCUT2D eigenvalue weighted by Crippen LogP contribution is 2.33. The van der Waals surface area contributed by atoms with Crippen LogP contribution in [0.5, 0.6) is 0 Å². The van der Waals surface area contributed by atoms with E-state index in [9.17, 15) is 9.59 Å². The lowest BCUT2D eigenvalue weighted by Gasteiger charge is -2.35. The second kappa shape index (κ2) is 9.22. The summed E-state index contributed by atoms with van der Waals surface area (Å²) in [5.74, 6) is -0.517. The van der Waals surface area contributed by atoms with Gasteiger partial charge >= 0.3 is 6.09 Å². The van der Waals surface area contributed by atoms with Crippen LogP contribution in [0.3, 0.4) is 0 Å². The van der Waals surface area contributed by atoms with Crippen LogP contribution in [-0.4, -0.2) is 63.4 Å². The fraction of sp³-hybridized carbons (Fsp3) is 0.391. The van der Waals surface area contributed by atoms with Gasteiger partial charge in [-0.15, -0.1) is 0 Å². The maximum absolute atomic E-state index is 12.3. The standard InChI is InChI=1S/C23H28N6O3S/c1-23(2,3)32-22(31)28-11-9-27(10-12-28)21-26-18(19(33-21)20(24)30)17-13-25-29(15-17)14-16-7-5-4-6-8-16/h4-8,13,15H,9-12,14H2,1-3H3,(H2,24,30). The van der Waals surface area contributed by atoms with Gasteiger partial charge in [0.15, 0.2) is 5.13 Å². The summed E-state index contributed by atoms with van der Waals surface area (Å²) in [7, 11) is 0. The topological polar surface area (TPSA) is 107 Å². The molecule has 0 spiro atoms. The van der Waals surface area contributed by atoms with Crippen molar-refractivity contribution in [2.75, 3.05) is 31.1 Å². The first-order valence-electron chi connectivity index (χ1n) is 10.8. The molecule has 10 heteroatoms. The van der Waals surface area contributed by atoms with Crippen molar-refractivity contribution < 1.29 is 14.3 Å². The largest absolute Gasteiger partial charge is 0.444 e. The number of aromatic nitrogens is 3. The first kappa shape index (κ1) is 22.8. The molecule has 2 N–H and O–H groups in total. The fourth-order valence-electron chi connectivity index (χ4n) is 3.56. The quantitative estimate of drug-likeness (QED) is 0.616. The summed E-state index contributed by atoms with van der Waals surface area (Å²) in [5, 5.41) is 5.13. The van der Waals surface area contributed by atoms with Gasteiger partial charge < -0.3 is 20.3 Å². The predicted octanol–water partition coefficient (Wildman–Crippen LogP) is 3.21. The van der Waals surface area contributed by atoms with Crippen molar-refractivity contribution in [3.63, 3.8) is 0 Å². The minimum Gasteiger partial charge on any atom is -0.444 e. The average molecular weight is 469 g/mol. The van der Waals surface area contributed by atoms with Gasteiger partial charge in [-0.05, 0) is 26.3 Å². The van der Waals surface area contributed by atoms with E-state index in [1.165, 1.54) is 11.3 Å². The first-order valence-corrected chi connectivity index (χ1v) is 11.6. The molecular formula is C23H28N6O3S. The number of nitrogens with zero attached hydrogens (tertiary/aromatic N) is 5. The second-order valence-corrected chi connectivity index (χ2v) is 9.88. The molecule has 33 heavy (non-hydrogen) atoms. The number of primary amides is 1. The normalized spacial score (nSPS) is 14.4. The maximum Gasteiger partial charge on any atom is 0.410 e. The molecule has 1 aliphatic rings. The van der Waals surface area contributed by atoms with Gasteiger partial charge in [0.1, 0.15) is 10.5 Å². The van der Waals surface area contributed by atoms with E-state index in [4.69, 9.17) is 15.5 Å². The number of hydrogen-bond donors (Lipinski definition) is 1. The Morgan fingerprint density at radius 1 is 1.12 bits per heavy atom. The summed E-state index contributed by atoms with van der Waals surface area (Å²) in [5.41, 5.74) is 7.55. The van der Waals surface area contributed by atoms with E-state index in [1.807, 2.05) is 62.0 Å². The molecule has 0 unspecified atom stereocenters. The predicted molar refractivity (Wildman–Crippen MR) is 127 cm³/mol. The molecule has 9 nitrogen and oxygen atoms in total. The molecule has 0 aliphatic carbocycles. The number of anilines is 1. The van der Waals surface area contributed by atoms with Crippen LogP contribution in [0, 0.1) is 0 Å². The number of piperazine rings is 1. The molecule has 4 rings (SSSR count). The van der Waals surface area contributed by atoms with Gasteiger partial charge in [-0.1, -0.05) is 41.7 Å². The van der Waals surface area contributed by atoms with Crippen molar-refractivity contribution in [1.82, 2.24) is 19.7 Å². The van der Waals surface area contributed by atoms with Crippen LogP contribution < -0.4 is 10.6 Å². The van der Waals surface area contributed by atoms with Gasteiger partial charge in [0.25, 0.3) is 5.91 Å². The molecule has 0 saturated carbocycles. The highest BCUT2D eigenvalue weighted by molar-refractivity contribution is 7.18. The minimum absolute atomic E-state index is 0.314. The fourth-order valence-corrected chi connectivity index (χ4v) is 4.55. The number of amides is 2. The lowest BCUT2D eigenvalue weighted by atomic mass is 10.2. The number of ether oxygens (including phenoxy) is 1. The van der Waals surface area contributed by atoms with Crippen LogP contribution in [-0.2, 0) is 11.3 Å². The molecule has 1 aromatic carbocycles. The number of carbonyl (C=O) groups excluding carboxylic acids is 2. The molecule has 2 aromatic heterocycles. The highest BCUT2D eigenvalue weighted by Gasteiger charge is 2.28. The Hall–Kier alpha value is -3.40. The van der Waals surface area contributed by atoms with E-state index in [1.54, 1.807) is 11.1 Å². The van der Waals surface area contributed by atoms with E-state index < -0.39 is 11.5 Å². The Balaban J connectivity index is 1.48. The van der Waals surface area contributed by atoms with Crippen molar-refractivity contribution in [2.24, 2.45) is 5.73 Å². The molecule has 1 saturated heterocycles. The molecule has 174 valence electrons. The van der Waals surface area contributed by atoms with E-state index in [0.717, 1.165) is 11.1 Å². The van der Waals surface area contributed by atoms with Crippen LogP contribution >= 0.6 is 11.3 Å². The molecule has 0 bridgehead atoms. The molecule has 3 aromatic rings. The Morgan fingerprint density at radius 3 is 2.45 bits per heavy atom. The van der Waals surface area contributed by atoms with Crippen molar-refractivity contribution >= 4 is 28.5 Å². The van der Waals surface area contributed by atoms with Crippen LogP contribution in [0.1, 0.15) is 36.0 Å². The molecule has 2 amide bonds. The Labute approximate surface area is 196 Å². The zero-order valence-electron chi connectivity index (χ0n) is 19.0. The number of thiazole rings is 1. The molecule has 3 heterocycles. The van der Waals surface area contributed by atoms with Crippen molar-refractivity contribution in [3.8, 4) is 11.3 Å². The lowest BCUT2D eigenvalue weighted by molar-refractivity contribution is 0.0240. The molecule has 1 aliphatic heterocycles. The smallest absolute Gasteiger partial charge is 0.410 e. The Morgan fingerprint density at radius 2 is 1.82 bits per heavy atom. The number of carbonyl (C=O) groups is 2. The number of rotatable bonds is 5. The molecule has 0 radical (unpaired) electrons. The highest BCUT2D eigenvalue weighted by atomic mass is 32.1. The number of benzene rings is 1. The summed E-state index contributed by atoms with van der Waals surface area (Å²) in [6, 6.07) is 10.0. The van der Waals surface area contributed by atoms with Crippen LogP contribution in [0.2, 0.25) is 0 Å². The van der Waals surface area contributed by atoms with Gasteiger partial charge in [0, 0.05) is 37.9 Å². The summed E-state index contributed by atoms with van der Waals surface area (Å²) in [4.78, 5) is 33.4. The van der Waals surface area contributed by atoms with Crippen LogP contribution in [0.15, 0.2) is 42.7 Å². The maximum atomic E-state index is 12.3. The number of nitrogens with two attached hydrogens (primary N) is 1.